The fourth-order valence-electron chi connectivity index (χ4n) is 3.20. The standard InChI is InChI=1S/C17H27NO2/c1-4-17-15(10-11-20-17)16(18-5-2)12-13-6-8-14(19-3)9-7-13/h6-9,15-18H,4-5,10-12H2,1-3H3. The van der Waals surface area contributed by atoms with E-state index in [1.807, 2.05) is 12.1 Å². The van der Waals surface area contributed by atoms with Crippen molar-refractivity contribution >= 4 is 0 Å². The average Bonchev–Trinajstić information content (AvgIpc) is 2.96. The molecule has 1 aromatic carbocycles. The quantitative estimate of drug-likeness (QED) is 0.831. The van der Waals surface area contributed by atoms with E-state index in [4.69, 9.17) is 9.47 Å². The average molecular weight is 277 g/mol. The third kappa shape index (κ3) is 3.74. The summed E-state index contributed by atoms with van der Waals surface area (Å²) in [6, 6.07) is 8.92. The van der Waals surface area contributed by atoms with Gasteiger partial charge >= 0.3 is 0 Å². The lowest BCUT2D eigenvalue weighted by atomic mass is 9.87. The van der Waals surface area contributed by atoms with Crippen molar-refractivity contribution in [3.05, 3.63) is 29.8 Å². The van der Waals surface area contributed by atoms with E-state index < -0.39 is 0 Å². The van der Waals surface area contributed by atoms with Crippen molar-refractivity contribution in [2.45, 2.75) is 45.3 Å². The molecule has 1 aliphatic rings. The summed E-state index contributed by atoms with van der Waals surface area (Å²) in [4.78, 5) is 0. The van der Waals surface area contributed by atoms with Gasteiger partial charge in [-0.2, -0.15) is 0 Å². The van der Waals surface area contributed by atoms with Crippen LogP contribution in [0.1, 0.15) is 32.3 Å². The zero-order valence-electron chi connectivity index (χ0n) is 12.9. The van der Waals surface area contributed by atoms with Gasteiger partial charge in [-0.3, -0.25) is 0 Å². The van der Waals surface area contributed by atoms with Crippen LogP contribution in [0.25, 0.3) is 0 Å². The van der Waals surface area contributed by atoms with Gasteiger partial charge in [0.25, 0.3) is 0 Å². The molecule has 1 N–H and O–H groups in total. The summed E-state index contributed by atoms with van der Waals surface area (Å²) in [5, 5.41) is 3.65. The highest BCUT2D eigenvalue weighted by Crippen LogP contribution is 2.28. The van der Waals surface area contributed by atoms with Gasteiger partial charge in [0.2, 0.25) is 0 Å². The lowest BCUT2D eigenvalue weighted by Gasteiger charge is -2.28. The van der Waals surface area contributed by atoms with E-state index >= 15 is 0 Å². The van der Waals surface area contributed by atoms with Crippen molar-refractivity contribution in [2.75, 3.05) is 20.3 Å². The van der Waals surface area contributed by atoms with Crippen molar-refractivity contribution < 1.29 is 9.47 Å². The first-order valence-corrected chi connectivity index (χ1v) is 7.76. The summed E-state index contributed by atoms with van der Waals surface area (Å²) in [7, 11) is 1.71. The second-order valence-electron chi connectivity index (χ2n) is 5.49. The Morgan fingerprint density at radius 3 is 2.65 bits per heavy atom. The maximum Gasteiger partial charge on any atom is 0.118 e. The van der Waals surface area contributed by atoms with E-state index in [2.05, 4.69) is 31.3 Å². The molecular weight excluding hydrogens is 250 g/mol. The molecule has 112 valence electrons. The molecule has 0 aromatic heterocycles. The van der Waals surface area contributed by atoms with E-state index in [0.717, 1.165) is 31.7 Å². The molecule has 1 saturated heterocycles. The molecule has 0 saturated carbocycles. The molecule has 3 heteroatoms. The molecule has 2 rings (SSSR count). The number of methoxy groups -OCH3 is 1. The van der Waals surface area contributed by atoms with E-state index in [9.17, 15) is 0 Å². The molecule has 0 bridgehead atoms. The number of benzene rings is 1. The fourth-order valence-corrected chi connectivity index (χ4v) is 3.20. The zero-order chi connectivity index (χ0) is 14.4. The Morgan fingerprint density at radius 2 is 2.05 bits per heavy atom. The fraction of sp³-hybridized carbons (Fsp3) is 0.647. The molecule has 3 unspecified atom stereocenters. The number of nitrogens with one attached hydrogen (secondary N) is 1. The molecule has 0 spiro atoms. The summed E-state index contributed by atoms with van der Waals surface area (Å²) >= 11 is 0. The number of rotatable bonds is 7. The maximum atomic E-state index is 5.86. The molecule has 20 heavy (non-hydrogen) atoms. The van der Waals surface area contributed by atoms with Crippen molar-refractivity contribution in [3.63, 3.8) is 0 Å². The van der Waals surface area contributed by atoms with Crippen LogP contribution in [0.2, 0.25) is 0 Å². The van der Waals surface area contributed by atoms with Crippen LogP contribution in [0.5, 0.6) is 5.75 Å². The van der Waals surface area contributed by atoms with Crippen molar-refractivity contribution in [1.29, 1.82) is 0 Å². The predicted molar refractivity (Wildman–Crippen MR) is 82.3 cm³/mol. The van der Waals surface area contributed by atoms with Crippen LogP contribution in [0, 0.1) is 5.92 Å². The second kappa shape index (κ2) is 7.65. The minimum absolute atomic E-state index is 0.414. The van der Waals surface area contributed by atoms with E-state index in [-0.39, 0.29) is 0 Å². The lowest BCUT2D eigenvalue weighted by Crippen LogP contribution is -2.41. The smallest absolute Gasteiger partial charge is 0.118 e. The Labute approximate surface area is 122 Å². The topological polar surface area (TPSA) is 30.5 Å². The highest BCUT2D eigenvalue weighted by molar-refractivity contribution is 5.27. The SMILES string of the molecule is CCNC(Cc1ccc(OC)cc1)C1CCOC1CC. The molecule has 1 fully saturated rings. The summed E-state index contributed by atoms with van der Waals surface area (Å²) in [5.74, 6) is 1.55. The Bertz CT molecular complexity index is 390. The van der Waals surface area contributed by atoms with Crippen LogP contribution in [-0.2, 0) is 11.2 Å². The van der Waals surface area contributed by atoms with Gasteiger partial charge in [-0.1, -0.05) is 26.0 Å². The number of hydrogen-bond donors (Lipinski definition) is 1. The lowest BCUT2D eigenvalue weighted by molar-refractivity contribution is 0.0776. The Kier molecular flexibility index (Phi) is 5.86. The van der Waals surface area contributed by atoms with Gasteiger partial charge in [-0.25, -0.2) is 0 Å². The third-order valence-corrected chi connectivity index (χ3v) is 4.26. The van der Waals surface area contributed by atoms with E-state index in [1.54, 1.807) is 7.11 Å². The monoisotopic (exact) mass is 277 g/mol. The first-order valence-electron chi connectivity index (χ1n) is 7.76. The Balaban J connectivity index is 2.04. The maximum absolute atomic E-state index is 5.86. The van der Waals surface area contributed by atoms with Gasteiger partial charge < -0.3 is 14.8 Å². The third-order valence-electron chi connectivity index (χ3n) is 4.26. The van der Waals surface area contributed by atoms with Gasteiger partial charge in [0, 0.05) is 18.6 Å². The first kappa shape index (κ1) is 15.3. The van der Waals surface area contributed by atoms with Crippen molar-refractivity contribution in [1.82, 2.24) is 5.32 Å². The summed E-state index contributed by atoms with van der Waals surface area (Å²) < 4.78 is 11.1. The normalized spacial score (nSPS) is 23.8. The largest absolute Gasteiger partial charge is 0.497 e. The van der Waals surface area contributed by atoms with E-state index in [0.29, 0.717) is 18.1 Å². The van der Waals surface area contributed by atoms with Crippen molar-refractivity contribution in [2.24, 2.45) is 5.92 Å². The molecular formula is C17H27NO2. The molecule has 3 atom stereocenters. The molecule has 1 heterocycles. The Hall–Kier alpha value is -1.06. The molecule has 0 aliphatic carbocycles. The van der Waals surface area contributed by atoms with Crippen LogP contribution >= 0.6 is 0 Å². The van der Waals surface area contributed by atoms with Crippen LogP contribution in [0.15, 0.2) is 24.3 Å². The minimum atomic E-state index is 0.414. The van der Waals surface area contributed by atoms with Gasteiger partial charge in [0.1, 0.15) is 5.75 Å². The molecule has 3 nitrogen and oxygen atoms in total. The highest BCUT2D eigenvalue weighted by atomic mass is 16.5. The minimum Gasteiger partial charge on any atom is -0.497 e. The Morgan fingerprint density at radius 1 is 1.30 bits per heavy atom. The van der Waals surface area contributed by atoms with Crippen LogP contribution < -0.4 is 10.1 Å². The molecule has 0 amide bonds. The number of likely N-dealkylation sites (N-methyl/N-ethyl adjacent to an activating group) is 1. The van der Waals surface area contributed by atoms with Crippen LogP contribution in [0.3, 0.4) is 0 Å². The molecule has 1 aromatic rings. The van der Waals surface area contributed by atoms with Gasteiger partial charge in [-0.05, 0) is 43.5 Å². The summed E-state index contributed by atoms with van der Waals surface area (Å²) in [6.07, 6.45) is 3.75. The summed E-state index contributed by atoms with van der Waals surface area (Å²) in [5.41, 5.74) is 1.36. The predicted octanol–water partition coefficient (Wildman–Crippen LogP) is 3.03. The zero-order valence-corrected chi connectivity index (χ0v) is 12.9. The number of ether oxygens (including phenoxy) is 2. The van der Waals surface area contributed by atoms with Gasteiger partial charge in [0.15, 0.2) is 0 Å². The molecule has 1 aliphatic heterocycles. The van der Waals surface area contributed by atoms with E-state index in [1.165, 1.54) is 12.0 Å². The van der Waals surface area contributed by atoms with Gasteiger partial charge in [-0.15, -0.1) is 0 Å². The summed E-state index contributed by atoms with van der Waals surface area (Å²) in [6.45, 7) is 6.32. The molecule has 0 radical (unpaired) electrons. The number of hydrogen-bond acceptors (Lipinski definition) is 3. The second-order valence-corrected chi connectivity index (χ2v) is 5.49. The first-order chi connectivity index (χ1) is 9.78. The van der Waals surface area contributed by atoms with Crippen molar-refractivity contribution in [3.8, 4) is 5.75 Å². The highest BCUT2D eigenvalue weighted by Gasteiger charge is 2.33. The van der Waals surface area contributed by atoms with Crippen LogP contribution in [0.4, 0.5) is 0 Å². The van der Waals surface area contributed by atoms with Gasteiger partial charge in [0.05, 0.1) is 13.2 Å². The van der Waals surface area contributed by atoms with Crippen LogP contribution in [-0.4, -0.2) is 32.4 Å².